The highest BCUT2D eigenvalue weighted by atomic mass is 79.9. The van der Waals surface area contributed by atoms with Crippen molar-refractivity contribution < 1.29 is 9.59 Å². The van der Waals surface area contributed by atoms with Crippen molar-refractivity contribution in [3.05, 3.63) is 28.7 Å². The van der Waals surface area contributed by atoms with Gasteiger partial charge in [-0.3, -0.25) is 14.5 Å². The minimum absolute atomic E-state index is 0.0191. The molecule has 4 rings (SSSR count). The van der Waals surface area contributed by atoms with Gasteiger partial charge in [-0.1, -0.05) is 12.1 Å². The van der Waals surface area contributed by atoms with E-state index in [1.165, 1.54) is 19.4 Å². The lowest BCUT2D eigenvalue weighted by molar-refractivity contribution is -0.141. The average Bonchev–Trinajstić information content (AvgIpc) is 3.36. The van der Waals surface area contributed by atoms with Gasteiger partial charge in [-0.05, 0) is 53.2 Å². The summed E-state index contributed by atoms with van der Waals surface area (Å²) < 4.78 is 0.894. The number of hydrogen-bond acceptors (Lipinski definition) is 3. The maximum absolute atomic E-state index is 12.9. The Balaban J connectivity index is 1.36. The lowest BCUT2D eigenvalue weighted by atomic mass is 10.1. The number of rotatable bonds is 4. The summed E-state index contributed by atoms with van der Waals surface area (Å²) in [6.07, 6.45) is 3.34. The van der Waals surface area contributed by atoms with Gasteiger partial charge in [0.2, 0.25) is 11.8 Å². The normalized spacial score (nSPS) is 24.8. The van der Waals surface area contributed by atoms with Crippen molar-refractivity contribution in [1.29, 1.82) is 0 Å². The van der Waals surface area contributed by atoms with Crippen LogP contribution in [0.1, 0.15) is 19.3 Å². The van der Waals surface area contributed by atoms with Gasteiger partial charge in [0.15, 0.2) is 0 Å². The number of anilines is 1. The van der Waals surface area contributed by atoms with Crippen molar-refractivity contribution in [3.8, 4) is 0 Å². The molecule has 3 aliphatic rings. The molecule has 2 heterocycles. The van der Waals surface area contributed by atoms with E-state index in [9.17, 15) is 9.59 Å². The van der Waals surface area contributed by atoms with Crippen molar-refractivity contribution in [1.82, 2.24) is 9.80 Å². The smallest absolute Gasteiger partial charge is 0.239 e. The van der Waals surface area contributed by atoms with Gasteiger partial charge in [-0.15, -0.1) is 0 Å². The van der Waals surface area contributed by atoms with Crippen molar-refractivity contribution in [3.63, 3.8) is 0 Å². The highest BCUT2D eigenvalue weighted by molar-refractivity contribution is 9.10. The third-order valence-corrected chi connectivity index (χ3v) is 6.21. The van der Waals surface area contributed by atoms with E-state index in [0.717, 1.165) is 42.3 Å². The third kappa shape index (κ3) is 3.60. The Hall–Kier alpha value is -1.40. The quantitative estimate of drug-likeness (QED) is 0.722. The molecule has 3 fully saturated rings. The molecule has 0 bridgehead atoms. The van der Waals surface area contributed by atoms with E-state index in [1.807, 2.05) is 29.2 Å². The molecule has 0 spiro atoms. The Labute approximate surface area is 157 Å². The fourth-order valence-corrected chi connectivity index (χ4v) is 4.35. The fourth-order valence-electron chi connectivity index (χ4n) is 3.86. The van der Waals surface area contributed by atoms with Gasteiger partial charge in [-0.2, -0.15) is 0 Å². The highest BCUT2D eigenvalue weighted by Crippen LogP contribution is 2.32. The lowest BCUT2D eigenvalue weighted by Crippen LogP contribution is -2.51. The number of carbonyl (C=O) groups excluding carboxylic acids is 2. The molecule has 1 aromatic carbocycles. The lowest BCUT2D eigenvalue weighted by Gasteiger charge is -2.35. The van der Waals surface area contributed by atoms with Crippen LogP contribution in [0, 0.1) is 11.8 Å². The van der Waals surface area contributed by atoms with Crippen molar-refractivity contribution in [2.24, 2.45) is 11.8 Å². The standard InChI is InChI=1S/C19H24BrN3O2/c20-16-3-1-2-4-17(16)23-8-7-15(19(23)25)18(24)22-11-9-21(10-12-22)13-14-5-6-14/h1-4,14-15H,5-13H2/t15-/m1/s1. The maximum atomic E-state index is 12.9. The van der Waals surface area contributed by atoms with Crippen LogP contribution in [0.5, 0.6) is 0 Å². The average molecular weight is 406 g/mol. The fraction of sp³-hybridized carbons (Fsp3) is 0.579. The van der Waals surface area contributed by atoms with Crippen LogP contribution in [0.3, 0.4) is 0 Å². The number of hydrogen-bond donors (Lipinski definition) is 0. The van der Waals surface area contributed by atoms with Crippen LogP contribution in [0.15, 0.2) is 28.7 Å². The molecule has 134 valence electrons. The largest absolute Gasteiger partial charge is 0.339 e. The summed E-state index contributed by atoms with van der Waals surface area (Å²) in [6, 6.07) is 7.70. The molecule has 2 aliphatic heterocycles. The zero-order chi connectivity index (χ0) is 17.4. The predicted octanol–water partition coefficient (Wildman–Crippen LogP) is 2.36. The summed E-state index contributed by atoms with van der Waals surface area (Å²) in [7, 11) is 0. The minimum atomic E-state index is -0.512. The summed E-state index contributed by atoms with van der Waals surface area (Å²) in [5, 5.41) is 0. The van der Waals surface area contributed by atoms with Gasteiger partial charge < -0.3 is 9.80 Å². The first kappa shape index (κ1) is 17.0. The van der Waals surface area contributed by atoms with Crippen molar-refractivity contribution in [2.45, 2.75) is 19.3 Å². The molecular weight excluding hydrogens is 382 g/mol. The summed E-state index contributed by atoms with van der Waals surface area (Å²) in [5.41, 5.74) is 0.858. The molecule has 1 saturated carbocycles. The number of piperazine rings is 1. The van der Waals surface area contributed by atoms with Crippen LogP contribution in [-0.4, -0.2) is 60.9 Å². The van der Waals surface area contributed by atoms with Gasteiger partial charge in [0.25, 0.3) is 0 Å². The summed E-state index contributed by atoms with van der Waals surface area (Å²) in [4.78, 5) is 31.8. The van der Waals surface area contributed by atoms with Crippen LogP contribution in [-0.2, 0) is 9.59 Å². The first-order valence-corrected chi connectivity index (χ1v) is 10.00. The Bertz CT molecular complexity index is 668. The van der Waals surface area contributed by atoms with Gasteiger partial charge in [-0.25, -0.2) is 0 Å². The molecule has 2 amide bonds. The van der Waals surface area contributed by atoms with Crippen LogP contribution >= 0.6 is 15.9 Å². The number of nitrogens with zero attached hydrogens (tertiary/aromatic N) is 3. The van der Waals surface area contributed by atoms with Gasteiger partial charge in [0, 0.05) is 43.7 Å². The summed E-state index contributed by atoms with van der Waals surface area (Å²) in [5.74, 6) is 0.335. The second-order valence-electron chi connectivity index (χ2n) is 7.35. The molecule has 1 aliphatic carbocycles. The number of amides is 2. The Morgan fingerprint density at radius 2 is 1.76 bits per heavy atom. The van der Waals surface area contributed by atoms with Crippen molar-refractivity contribution >= 4 is 33.4 Å². The van der Waals surface area contributed by atoms with Gasteiger partial charge in [0.1, 0.15) is 5.92 Å². The monoisotopic (exact) mass is 405 g/mol. The van der Waals surface area contributed by atoms with Gasteiger partial charge in [0.05, 0.1) is 5.69 Å². The number of para-hydroxylation sites is 1. The second-order valence-corrected chi connectivity index (χ2v) is 8.21. The van der Waals surface area contributed by atoms with Crippen LogP contribution in [0.2, 0.25) is 0 Å². The summed E-state index contributed by atoms with van der Waals surface area (Å²) in [6.45, 7) is 5.18. The van der Waals surface area contributed by atoms with E-state index >= 15 is 0 Å². The SMILES string of the molecule is O=C([C@H]1CCN(c2ccccc2Br)C1=O)N1CCN(CC2CC2)CC1. The molecule has 5 nitrogen and oxygen atoms in total. The highest BCUT2D eigenvalue weighted by Gasteiger charge is 2.40. The molecule has 2 saturated heterocycles. The molecule has 0 aromatic heterocycles. The van der Waals surface area contributed by atoms with Crippen molar-refractivity contribution in [2.75, 3.05) is 44.2 Å². The van der Waals surface area contributed by atoms with Crippen LogP contribution in [0.4, 0.5) is 5.69 Å². The predicted molar refractivity (Wildman–Crippen MR) is 100 cm³/mol. The number of carbonyl (C=O) groups is 2. The molecule has 0 unspecified atom stereocenters. The Morgan fingerprint density at radius 1 is 1.04 bits per heavy atom. The number of benzene rings is 1. The molecular formula is C19H24BrN3O2. The molecule has 6 heteroatoms. The number of halogens is 1. The zero-order valence-electron chi connectivity index (χ0n) is 14.4. The molecule has 1 aromatic rings. The van der Waals surface area contributed by atoms with E-state index in [1.54, 1.807) is 4.90 Å². The van der Waals surface area contributed by atoms with Crippen LogP contribution < -0.4 is 4.90 Å². The van der Waals surface area contributed by atoms with E-state index in [0.29, 0.717) is 13.0 Å². The first-order chi connectivity index (χ1) is 12.1. The van der Waals surface area contributed by atoms with E-state index in [4.69, 9.17) is 0 Å². The second kappa shape index (κ2) is 7.08. The molecule has 1 atom stereocenters. The molecule has 25 heavy (non-hydrogen) atoms. The first-order valence-electron chi connectivity index (χ1n) is 9.20. The van der Waals surface area contributed by atoms with Crippen LogP contribution in [0.25, 0.3) is 0 Å². The Morgan fingerprint density at radius 3 is 2.44 bits per heavy atom. The Kier molecular flexibility index (Phi) is 4.82. The topological polar surface area (TPSA) is 43.9 Å². The third-order valence-electron chi connectivity index (χ3n) is 5.54. The maximum Gasteiger partial charge on any atom is 0.239 e. The summed E-state index contributed by atoms with van der Waals surface area (Å²) >= 11 is 3.50. The van der Waals surface area contributed by atoms with Gasteiger partial charge >= 0.3 is 0 Å². The van der Waals surface area contributed by atoms with E-state index in [-0.39, 0.29) is 11.8 Å². The molecule has 0 N–H and O–H groups in total. The zero-order valence-corrected chi connectivity index (χ0v) is 16.0. The van der Waals surface area contributed by atoms with E-state index in [2.05, 4.69) is 20.8 Å². The molecule has 0 radical (unpaired) electrons. The van der Waals surface area contributed by atoms with E-state index < -0.39 is 5.92 Å². The minimum Gasteiger partial charge on any atom is -0.339 e.